The second-order valence-electron chi connectivity index (χ2n) is 8.32. The molecule has 2 aromatic heterocycles. The molecule has 0 aliphatic carbocycles. The van der Waals surface area contributed by atoms with E-state index in [9.17, 15) is 22.8 Å². The van der Waals surface area contributed by atoms with Crippen LogP contribution in [0.15, 0.2) is 42.5 Å². The first-order valence-corrected chi connectivity index (χ1v) is 10.8. The second-order valence-corrected chi connectivity index (χ2v) is 8.32. The standard InChI is InChI=1S/C23H24F3N5O3/c1-14-10-19(23(24,25)26)31-20(27-14)11-18(29-31)17-8-9-30(12-17)21(32)15(2)28-22(33)34-13-16-6-4-3-5-7-16/h3-7,10-11,15,17H,8-9,12-13H2,1-2H3,(H,28,33). The van der Waals surface area contributed by atoms with Gasteiger partial charge in [-0.15, -0.1) is 0 Å². The van der Waals surface area contributed by atoms with Crippen LogP contribution < -0.4 is 5.32 Å². The van der Waals surface area contributed by atoms with E-state index < -0.39 is 24.0 Å². The Bertz CT molecular complexity index is 1200. The van der Waals surface area contributed by atoms with Crippen LogP contribution in [0.2, 0.25) is 0 Å². The van der Waals surface area contributed by atoms with Crippen molar-refractivity contribution < 1.29 is 27.5 Å². The summed E-state index contributed by atoms with van der Waals surface area (Å²) in [4.78, 5) is 30.6. The molecule has 0 bridgehead atoms. The van der Waals surface area contributed by atoms with E-state index in [4.69, 9.17) is 4.74 Å². The Morgan fingerprint density at radius 3 is 2.68 bits per heavy atom. The molecule has 3 heterocycles. The highest BCUT2D eigenvalue weighted by Gasteiger charge is 2.36. The fourth-order valence-corrected chi connectivity index (χ4v) is 4.00. The number of aromatic nitrogens is 3. The minimum absolute atomic E-state index is 0.0840. The maximum absolute atomic E-state index is 13.4. The molecule has 0 spiro atoms. The van der Waals surface area contributed by atoms with Crippen molar-refractivity contribution >= 4 is 17.6 Å². The highest BCUT2D eigenvalue weighted by molar-refractivity contribution is 5.85. The molecule has 1 aliphatic heterocycles. The van der Waals surface area contributed by atoms with E-state index in [0.29, 0.717) is 18.7 Å². The predicted octanol–water partition coefficient (Wildman–Crippen LogP) is 3.69. The number of rotatable bonds is 5. The number of hydrogen-bond acceptors (Lipinski definition) is 5. The molecule has 2 unspecified atom stereocenters. The molecule has 11 heteroatoms. The van der Waals surface area contributed by atoms with Crippen LogP contribution in [-0.2, 0) is 22.3 Å². The van der Waals surface area contributed by atoms with Gasteiger partial charge < -0.3 is 15.0 Å². The van der Waals surface area contributed by atoms with Crippen LogP contribution in [0.25, 0.3) is 5.65 Å². The molecular weight excluding hydrogens is 451 g/mol. The minimum atomic E-state index is -4.57. The summed E-state index contributed by atoms with van der Waals surface area (Å²) in [6.45, 7) is 3.83. The Kier molecular flexibility index (Phi) is 6.45. The molecular formula is C23H24F3N5O3. The number of hydrogen-bond donors (Lipinski definition) is 1. The van der Waals surface area contributed by atoms with Gasteiger partial charge in [0.05, 0.1) is 5.69 Å². The van der Waals surface area contributed by atoms with Crippen LogP contribution in [0.3, 0.4) is 0 Å². The normalized spacial score (nSPS) is 17.1. The summed E-state index contributed by atoms with van der Waals surface area (Å²) in [7, 11) is 0. The van der Waals surface area contributed by atoms with Gasteiger partial charge in [0, 0.05) is 30.8 Å². The average molecular weight is 475 g/mol. The number of carbonyl (C=O) groups excluding carboxylic acids is 2. The number of carbonyl (C=O) groups is 2. The lowest BCUT2D eigenvalue weighted by atomic mass is 10.1. The molecule has 180 valence electrons. The van der Waals surface area contributed by atoms with Gasteiger partial charge in [-0.05, 0) is 31.9 Å². The molecule has 0 saturated carbocycles. The van der Waals surface area contributed by atoms with E-state index in [-0.39, 0.29) is 36.3 Å². The second kappa shape index (κ2) is 9.32. The number of alkyl carbamates (subject to hydrolysis) is 1. The molecule has 2 amide bonds. The number of alkyl halides is 3. The maximum atomic E-state index is 13.4. The van der Waals surface area contributed by atoms with Crippen molar-refractivity contribution in [2.24, 2.45) is 0 Å². The topological polar surface area (TPSA) is 88.8 Å². The van der Waals surface area contributed by atoms with Gasteiger partial charge in [-0.25, -0.2) is 14.3 Å². The first-order valence-electron chi connectivity index (χ1n) is 10.8. The fourth-order valence-electron chi connectivity index (χ4n) is 4.00. The summed E-state index contributed by atoms with van der Waals surface area (Å²) < 4.78 is 46.2. The molecule has 34 heavy (non-hydrogen) atoms. The van der Waals surface area contributed by atoms with Crippen molar-refractivity contribution in [3.63, 3.8) is 0 Å². The van der Waals surface area contributed by atoms with Crippen molar-refractivity contribution in [1.82, 2.24) is 24.8 Å². The zero-order valence-electron chi connectivity index (χ0n) is 18.7. The largest absolute Gasteiger partial charge is 0.445 e. The molecule has 1 aromatic carbocycles. The van der Waals surface area contributed by atoms with Crippen LogP contribution in [0.1, 0.15) is 41.9 Å². The third-order valence-electron chi connectivity index (χ3n) is 5.70. The van der Waals surface area contributed by atoms with Crippen LogP contribution >= 0.6 is 0 Å². The van der Waals surface area contributed by atoms with Gasteiger partial charge in [-0.1, -0.05) is 30.3 Å². The molecule has 0 radical (unpaired) electrons. The molecule has 1 fully saturated rings. The average Bonchev–Trinajstić information content (AvgIpc) is 3.43. The molecule has 1 saturated heterocycles. The van der Waals surface area contributed by atoms with Crippen LogP contribution in [-0.4, -0.2) is 50.6 Å². The van der Waals surface area contributed by atoms with Crippen molar-refractivity contribution in [3.05, 3.63) is 65.1 Å². The predicted molar refractivity (Wildman–Crippen MR) is 116 cm³/mol. The first kappa shape index (κ1) is 23.5. The van der Waals surface area contributed by atoms with Gasteiger partial charge in [0.15, 0.2) is 5.65 Å². The third kappa shape index (κ3) is 5.13. The quantitative estimate of drug-likeness (QED) is 0.608. The lowest BCUT2D eigenvalue weighted by molar-refractivity contribution is -0.142. The highest BCUT2D eigenvalue weighted by Crippen LogP contribution is 2.32. The van der Waals surface area contributed by atoms with Crippen molar-refractivity contribution in [1.29, 1.82) is 0 Å². The maximum Gasteiger partial charge on any atom is 0.433 e. The van der Waals surface area contributed by atoms with Crippen LogP contribution in [0.4, 0.5) is 18.0 Å². The molecule has 2 atom stereocenters. The number of fused-ring (bicyclic) bond motifs is 1. The van der Waals surface area contributed by atoms with Crippen LogP contribution in [0, 0.1) is 6.92 Å². The number of halogens is 3. The van der Waals surface area contributed by atoms with E-state index in [0.717, 1.165) is 16.1 Å². The number of nitrogens with one attached hydrogen (secondary N) is 1. The van der Waals surface area contributed by atoms with E-state index in [1.54, 1.807) is 11.8 Å². The Hall–Kier alpha value is -3.63. The molecule has 1 N–H and O–H groups in total. The van der Waals surface area contributed by atoms with Gasteiger partial charge in [0.2, 0.25) is 5.91 Å². The van der Waals surface area contributed by atoms with Gasteiger partial charge in [0.1, 0.15) is 18.3 Å². The molecule has 3 aromatic rings. The summed E-state index contributed by atoms with van der Waals surface area (Å²) in [6.07, 6.45) is -4.73. The van der Waals surface area contributed by atoms with Gasteiger partial charge >= 0.3 is 12.3 Å². The summed E-state index contributed by atoms with van der Waals surface area (Å²) in [6, 6.07) is 10.8. The lowest BCUT2D eigenvalue weighted by Crippen LogP contribution is -2.46. The number of ether oxygens (including phenoxy) is 1. The van der Waals surface area contributed by atoms with Gasteiger partial charge in [0.25, 0.3) is 0 Å². The summed E-state index contributed by atoms with van der Waals surface area (Å²) >= 11 is 0. The number of aryl methyl sites for hydroxylation is 1. The fraction of sp³-hybridized carbons (Fsp3) is 0.391. The van der Waals surface area contributed by atoms with Gasteiger partial charge in [-0.3, -0.25) is 4.79 Å². The Morgan fingerprint density at radius 2 is 1.97 bits per heavy atom. The van der Waals surface area contributed by atoms with Crippen molar-refractivity contribution in [2.45, 2.75) is 45.0 Å². The lowest BCUT2D eigenvalue weighted by Gasteiger charge is -2.21. The summed E-state index contributed by atoms with van der Waals surface area (Å²) in [5.41, 5.74) is 0.738. The molecule has 8 nitrogen and oxygen atoms in total. The zero-order valence-corrected chi connectivity index (χ0v) is 18.7. The number of benzene rings is 1. The van der Waals surface area contributed by atoms with Crippen molar-refractivity contribution in [2.75, 3.05) is 13.1 Å². The van der Waals surface area contributed by atoms with E-state index in [2.05, 4.69) is 15.4 Å². The third-order valence-corrected chi connectivity index (χ3v) is 5.70. The first-order chi connectivity index (χ1) is 16.1. The number of amides is 2. The van der Waals surface area contributed by atoms with E-state index in [1.807, 2.05) is 30.3 Å². The smallest absolute Gasteiger partial charge is 0.433 e. The minimum Gasteiger partial charge on any atom is -0.445 e. The zero-order chi connectivity index (χ0) is 24.5. The molecule has 1 aliphatic rings. The summed E-state index contributed by atoms with van der Waals surface area (Å²) in [5, 5.41) is 6.67. The Morgan fingerprint density at radius 1 is 1.24 bits per heavy atom. The summed E-state index contributed by atoms with van der Waals surface area (Å²) in [5.74, 6) is -0.530. The number of nitrogens with zero attached hydrogens (tertiary/aromatic N) is 4. The SMILES string of the molecule is Cc1cc(C(F)(F)F)n2nc(C3CCN(C(=O)C(C)NC(=O)OCc4ccccc4)C3)cc2n1. The van der Waals surface area contributed by atoms with E-state index in [1.165, 1.54) is 13.0 Å². The van der Waals surface area contributed by atoms with Gasteiger partial charge in [-0.2, -0.15) is 18.3 Å². The Labute approximate surface area is 193 Å². The monoisotopic (exact) mass is 475 g/mol. The van der Waals surface area contributed by atoms with Crippen molar-refractivity contribution in [3.8, 4) is 0 Å². The van der Waals surface area contributed by atoms with Crippen LogP contribution in [0.5, 0.6) is 0 Å². The van der Waals surface area contributed by atoms with E-state index >= 15 is 0 Å². The molecule has 4 rings (SSSR count). The number of likely N-dealkylation sites (tertiary alicyclic amines) is 1. The Balaban J connectivity index is 1.37. The highest BCUT2D eigenvalue weighted by atomic mass is 19.4.